The Hall–Kier alpha value is -2.94. The van der Waals surface area contributed by atoms with Gasteiger partial charge in [0.15, 0.2) is 0 Å². The van der Waals surface area contributed by atoms with Crippen LogP contribution < -0.4 is 16.3 Å². The van der Waals surface area contributed by atoms with Crippen molar-refractivity contribution >= 4 is 28.8 Å². The van der Waals surface area contributed by atoms with Gasteiger partial charge in [-0.25, -0.2) is 4.79 Å². The van der Waals surface area contributed by atoms with Crippen LogP contribution in [0.15, 0.2) is 23.0 Å². The molecule has 1 aromatic heterocycles. The number of carboxylic acid groups (broad SMARTS) is 1. The molecule has 2 aliphatic rings. The molecule has 9 heteroatoms. The summed E-state index contributed by atoms with van der Waals surface area (Å²) in [5.74, 6) is -1.68. The maximum Gasteiger partial charge on any atom is 0.330 e. The molecule has 1 unspecified atom stereocenters. The summed E-state index contributed by atoms with van der Waals surface area (Å²) >= 11 is 0. The third-order valence-electron chi connectivity index (χ3n) is 5.61. The fraction of sp³-hybridized carbons (Fsp3) is 0.474. The molecule has 0 saturated carbocycles. The first-order valence-electron chi connectivity index (χ1n) is 9.46. The van der Waals surface area contributed by atoms with Gasteiger partial charge in [0.2, 0.25) is 11.8 Å². The molecule has 2 fully saturated rings. The van der Waals surface area contributed by atoms with Gasteiger partial charge >= 0.3 is 11.7 Å². The molecule has 2 aromatic rings. The van der Waals surface area contributed by atoms with Gasteiger partial charge in [0.1, 0.15) is 12.6 Å². The number of imidazole rings is 1. The molecule has 148 valence electrons. The van der Waals surface area contributed by atoms with Crippen molar-refractivity contribution in [2.24, 2.45) is 0 Å². The Morgan fingerprint density at radius 3 is 2.54 bits per heavy atom. The molecule has 0 bridgehead atoms. The van der Waals surface area contributed by atoms with Gasteiger partial charge in [-0.05, 0) is 56.0 Å². The maximum atomic E-state index is 13.0. The average Bonchev–Trinajstić information content (AvgIpc) is 2.93. The van der Waals surface area contributed by atoms with Crippen LogP contribution in [0, 0.1) is 0 Å². The predicted molar refractivity (Wildman–Crippen MR) is 100 cm³/mol. The van der Waals surface area contributed by atoms with Crippen LogP contribution in [0.5, 0.6) is 0 Å². The molecule has 1 atom stereocenters. The lowest BCUT2D eigenvalue weighted by molar-refractivity contribution is -0.138. The van der Waals surface area contributed by atoms with Gasteiger partial charge in [0, 0.05) is 6.42 Å². The Morgan fingerprint density at radius 1 is 1.11 bits per heavy atom. The molecule has 9 nitrogen and oxygen atoms in total. The monoisotopic (exact) mass is 386 g/mol. The van der Waals surface area contributed by atoms with E-state index >= 15 is 0 Å². The zero-order valence-corrected chi connectivity index (χ0v) is 15.3. The molecular weight excluding hydrogens is 364 g/mol. The van der Waals surface area contributed by atoms with Gasteiger partial charge in [-0.15, -0.1) is 0 Å². The standard InChI is InChI=1S/C19H22N4O5/c24-16-4-3-14(18(27)21-16)23-13-2-1-12(11-5-7-20-8-6-11)9-15(13)22(19(23)28)10-17(25)26/h1-2,9,11,14,20H,3-8,10H2,(H,25,26)(H,21,24,27). The molecular formula is C19H22N4O5. The highest BCUT2D eigenvalue weighted by Crippen LogP contribution is 2.29. The summed E-state index contributed by atoms with van der Waals surface area (Å²) in [7, 11) is 0. The van der Waals surface area contributed by atoms with E-state index in [2.05, 4.69) is 10.6 Å². The number of hydrogen-bond donors (Lipinski definition) is 3. The van der Waals surface area contributed by atoms with Gasteiger partial charge in [0.05, 0.1) is 11.0 Å². The van der Waals surface area contributed by atoms with Crippen molar-refractivity contribution in [2.45, 2.75) is 44.2 Å². The first-order chi connectivity index (χ1) is 13.5. The van der Waals surface area contributed by atoms with Gasteiger partial charge < -0.3 is 10.4 Å². The number of rotatable bonds is 4. The largest absolute Gasteiger partial charge is 0.480 e. The van der Waals surface area contributed by atoms with E-state index in [1.54, 1.807) is 6.07 Å². The highest BCUT2D eigenvalue weighted by Gasteiger charge is 2.32. The molecule has 3 N–H and O–H groups in total. The second kappa shape index (κ2) is 7.23. The van der Waals surface area contributed by atoms with Crippen LogP contribution in [-0.2, 0) is 20.9 Å². The maximum absolute atomic E-state index is 13.0. The number of imide groups is 1. The Labute approximate surface area is 160 Å². The molecule has 3 heterocycles. The Balaban J connectivity index is 1.84. The van der Waals surface area contributed by atoms with Crippen LogP contribution in [0.25, 0.3) is 11.0 Å². The van der Waals surface area contributed by atoms with Crippen molar-refractivity contribution in [1.29, 1.82) is 0 Å². The van der Waals surface area contributed by atoms with E-state index < -0.39 is 30.2 Å². The number of aromatic nitrogens is 2. The molecule has 4 rings (SSSR count). The fourth-order valence-electron chi connectivity index (χ4n) is 4.22. The fourth-order valence-corrected chi connectivity index (χ4v) is 4.22. The smallest absolute Gasteiger partial charge is 0.330 e. The number of hydrogen-bond acceptors (Lipinski definition) is 5. The molecule has 28 heavy (non-hydrogen) atoms. The lowest BCUT2D eigenvalue weighted by Crippen LogP contribution is -2.44. The van der Waals surface area contributed by atoms with Gasteiger partial charge in [-0.1, -0.05) is 6.07 Å². The van der Waals surface area contributed by atoms with Crippen molar-refractivity contribution in [2.75, 3.05) is 13.1 Å². The van der Waals surface area contributed by atoms with Crippen molar-refractivity contribution < 1.29 is 19.5 Å². The topological polar surface area (TPSA) is 122 Å². The summed E-state index contributed by atoms with van der Waals surface area (Å²) < 4.78 is 2.53. The minimum absolute atomic E-state index is 0.140. The number of fused-ring (bicyclic) bond motifs is 1. The Bertz CT molecular complexity index is 1020. The van der Waals surface area contributed by atoms with E-state index in [0.717, 1.165) is 31.5 Å². The summed E-state index contributed by atoms with van der Waals surface area (Å²) in [5.41, 5.74) is 1.54. The third kappa shape index (κ3) is 3.22. The van der Waals surface area contributed by atoms with Crippen LogP contribution in [0.2, 0.25) is 0 Å². The summed E-state index contributed by atoms with van der Waals surface area (Å²) in [6.07, 6.45) is 2.31. The number of nitrogens with one attached hydrogen (secondary N) is 2. The van der Waals surface area contributed by atoms with E-state index in [4.69, 9.17) is 0 Å². The zero-order chi connectivity index (χ0) is 19.8. The predicted octanol–water partition coefficient (Wildman–Crippen LogP) is 0.332. The van der Waals surface area contributed by atoms with E-state index in [1.807, 2.05) is 12.1 Å². The SMILES string of the molecule is O=C(O)Cn1c(=O)n(C2CCC(=O)NC2=O)c2ccc(C3CCNCC3)cc21. The van der Waals surface area contributed by atoms with Gasteiger partial charge in [-0.2, -0.15) is 0 Å². The second-order valence-electron chi connectivity index (χ2n) is 7.37. The number of carbonyl (C=O) groups is 3. The van der Waals surface area contributed by atoms with Crippen molar-refractivity contribution in [3.63, 3.8) is 0 Å². The average molecular weight is 386 g/mol. The van der Waals surface area contributed by atoms with Crippen molar-refractivity contribution in [3.05, 3.63) is 34.2 Å². The molecule has 2 aliphatic heterocycles. The number of carbonyl (C=O) groups excluding carboxylic acids is 2. The molecule has 0 spiro atoms. The minimum Gasteiger partial charge on any atom is -0.480 e. The highest BCUT2D eigenvalue weighted by molar-refractivity contribution is 6.00. The Morgan fingerprint density at radius 2 is 1.86 bits per heavy atom. The van der Waals surface area contributed by atoms with Crippen LogP contribution in [-0.4, -0.2) is 45.1 Å². The van der Waals surface area contributed by atoms with E-state index in [1.165, 1.54) is 9.13 Å². The number of aliphatic carboxylic acids is 1. The first-order valence-corrected chi connectivity index (χ1v) is 9.46. The minimum atomic E-state index is -1.13. The quantitative estimate of drug-likeness (QED) is 0.651. The number of nitrogens with zero attached hydrogens (tertiary/aromatic N) is 2. The molecule has 2 saturated heterocycles. The summed E-state index contributed by atoms with van der Waals surface area (Å²) in [6.45, 7) is 1.36. The van der Waals surface area contributed by atoms with Gasteiger partial charge in [-0.3, -0.25) is 28.8 Å². The van der Waals surface area contributed by atoms with Crippen LogP contribution in [0.1, 0.15) is 43.2 Å². The summed E-state index contributed by atoms with van der Waals surface area (Å²) in [4.78, 5) is 48.2. The van der Waals surface area contributed by atoms with Crippen molar-refractivity contribution in [1.82, 2.24) is 19.8 Å². The lowest BCUT2D eigenvalue weighted by Gasteiger charge is -2.23. The third-order valence-corrected chi connectivity index (χ3v) is 5.61. The molecule has 2 amide bonds. The van der Waals surface area contributed by atoms with Crippen LogP contribution in [0.3, 0.4) is 0 Å². The molecule has 0 radical (unpaired) electrons. The molecule has 0 aliphatic carbocycles. The van der Waals surface area contributed by atoms with Gasteiger partial charge in [0.25, 0.3) is 0 Å². The summed E-state index contributed by atoms with van der Waals surface area (Å²) in [6, 6.07) is 4.78. The second-order valence-corrected chi connectivity index (χ2v) is 7.37. The number of carboxylic acids is 1. The van der Waals surface area contributed by atoms with Crippen LogP contribution >= 0.6 is 0 Å². The normalized spacial score (nSPS) is 21.1. The highest BCUT2D eigenvalue weighted by atomic mass is 16.4. The molecule has 1 aromatic carbocycles. The number of piperidine rings is 2. The first kappa shape index (κ1) is 18.4. The summed E-state index contributed by atoms with van der Waals surface area (Å²) in [5, 5.41) is 14.9. The van der Waals surface area contributed by atoms with E-state index in [0.29, 0.717) is 17.0 Å². The Kier molecular flexibility index (Phi) is 4.76. The number of benzene rings is 1. The zero-order valence-electron chi connectivity index (χ0n) is 15.3. The number of amides is 2. The lowest BCUT2D eigenvalue weighted by atomic mass is 9.90. The van der Waals surface area contributed by atoms with Crippen LogP contribution in [0.4, 0.5) is 0 Å². The van der Waals surface area contributed by atoms with E-state index in [-0.39, 0.29) is 18.7 Å². The van der Waals surface area contributed by atoms with Crippen molar-refractivity contribution in [3.8, 4) is 0 Å². The van der Waals surface area contributed by atoms with E-state index in [9.17, 15) is 24.3 Å².